The first-order chi connectivity index (χ1) is 9.70. The van der Waals surface area contributed by atoms with Crippen molar-refractivity contribution >= 4 is 0 Å². The van der Waals surface area contributed by atoms with Gasteiger partial charge in [0.25, 0.3) is 0 Å². The van der Waals surface area contributed by atoms with Crippen molar-refractivity contribution in [3.05, 3.63) is 53.6 Å². The van der Waals surface area contributed by atoms with E-state index in [1.807, 2.05) is 29.1 Å². The SMILES string of the molecule is CCC(C)n1ccc(CNCCc2ccccc2F)n1. The first-order valence-electron chi connectivity index (χ1n) is 7.19. The highest BCUT2D eigenvalue weighted by Crippen LogP contribution is 2.09. The summed E-state index contributed by atoms with van der Waals surface area (Å²) in [6.45, 7) is 5.77. The first kappa shape index (κ1) is 14.7. The van der Waals surface area contributed by atoms with E-state index in [1.54, 1.807) is 6.07 Å². The molecule has 0 radical (unpaired) electrons. The van der Waals surface area contributed by atoms with E-state index in [2.05, 4.69) is 24.3 Å². The molecule has 1 aromatic heterocycles. The van der Waals surface area contributed by atoms with Crippen LogP contribution in [0.4, 0.5) is 4.39 Å². The summed E-state index contributed by atoms with van der Waals surface area (Å²) in [4.78, 5) is 0. The van der Waals surface area contributed by atoms with Crippen LogP contribution in [0.2, 0.25) is 0 Å². The van der Waals surface area contributed by atoms with E-state index in [4.69, 9.17) is 0 Å². The Kier molecular flexibility index (Phi) is 5.30. The van der Waals surface area contributed by atoms with E-state index in [0.29, 0.717) is 12.5 Å². The van der Waals surface area contributed by atoms with Crippen LogP contribution in [0.5, 0.6) is 0 Å². The molecule has 0 saturated carbocycles. The van der Waals surface area contributed by atoms with Gasteiger partial charge < -0.3 is 5.32 Å². The molecule has 0 aliphatic carbocycles. The fourth-order valence-electron chi connectivity index (χ4n) is 2.04. The van der Waals surface area contributed by atoms with Crippen molar-refractivity contribution in [1.82, 2.24) is 15.1 Å². The maximum Gasteiger partial charge on any atom is 0.126 e. The van der Waals surface area contributed by atoms with Crippen molar-refractivity contribution in [1.29, 1.82) is 0 Å². The lowest BCUT2D eigenvalue weighted by molar-refractivity contribution is 0.471. The number of nitrogens with zero attached hydrogens (tertiary/aromatic N) is 2. The fraction of sp³-hybridized carbons (Fsp3) is 0.438. The number of aromatic nitrogens is 2. The highest BCUT2D eigenvalue weighted by Gasteiger charge is 2.04. The lowest BCUT2D eigenvalue weighted by Gasteiger charge is -2.08. The van der Waals surface area contributed by atoms with Crippen LogP contribution in [0.3, 0.4) is 0 Å². The van der Waals surface area contributed by atoms with Gasteiger partial charge in [-0.2, -0.15) is 5.10 Å². The van der Waals surface area contributed by atoms with Gasteiger partial charge in [0, 0.05) is 18.8 Å². The predicted octanol–water partition coefficient (Wildman–Crippen LogP) is 3.33. The summed E-state index contributed by atoms with van der Waals surface area (Å²) in [5.74, 6) is -0.129. The summed E-state index contributed by atoms with van der Waals surface area (Å²) < 4.78 is 15.4. The molecule has 4 heteroatoms. The van der Waals surface area contributed by atoms with Gasteiger partial charge in [-0.1, -0.05) is 25.1 Å². The highest BCUT2D eigenvalue weighted by molar-refractivity contribution is 5.17. The zero-order valence-corrected chi connectivity index (χ0v) is 12.1. The molecule has 1 unspecified atom stereocenters. The second-order valence-electron chi connectivity index (χ2n) is 5.06. The second-order valence-corrected chi connectivity index (χ2v) is 5.06. The molecule has 0 saturated heterocycles. The minimum atomic E-state index is -0.129. The van der Waals surface area contributed by atoms with Crippen molar-refractivity contribution in [2.75, 3.05) is 6.54 Å². The van der Waals surface area contributed by atoms with Crippen LogP contribution in [-0.4, -0.2) is 16.3 Å². The number of nitrogens with one attached hydrogen (secondary N) is 1. The minimum absolute atomic E-state index is 0.129. The monoisotopic (exact) mass is 275 g/mol. The van der Waals surface area contributed by atoms with Gasteiger partial charge >= 0.3 is 0 Å². The van der Waals surface area contributed by atoms with Crippen molar-refractivity contribution in [2.45, 2.75) is 39.3 Å². The summed E-state index contributed by atoms with van der Waals surface area (Å²) in [6, 6.07) is 9.38. The smallest absolute Gasteiger partial charge is 0.126 e. The Balaban J connectivity index is 1.76. The number of rotatable bonds is 7. The lowest BCUT2D eigenvalue weighted by Crippen LogP contribution is -2.18. The van der Waals surface area contributed by atoms with Crippen LogP contribution in [0, 0.1) is 5.82 Å². The molecule has 108 valence electrons. The zero-order valence-electron chi connectivity index (χ0n) is 12.1. The molecular weight excluding hydrogens is 253 g/mol. The van der Waals surface area contributed by atoms with Crippen molar-refractivity contribution in [3.63, 3.8) is 0 Å². The average molecular weight is 275 g/mol. The number of benzene rings is 1. The molecule has 20 heavy (non-hydrogen) atoms. The lowest BCUT2D eigenvalue weighted by atomic mass is 10.1. The average Bonchev–Trinajstić information content (AvgIpc) is 2.93. The Hall–Kier alpha value is -1.68. The Morgan fingerprint density at radius 3 is 2.85 bits per heavy atom. The quantitative estimate of drug-likeness (QED) is 0.786. The summed E-state index contributed by atoms with van der Waals surface area (Å²) in [5.41, 5.74) is 1.78. The van der Waals surface area contributed by atoms with Crippen molar-refractivity contribution in [2.24, 2.45) is 0 Å². The van der Waals surface area contributed by atoms with Crippen LogP contribution in [0.1, 0.15) is 37.6 Å². The van der Waals surface area contributed by atoms with Gasteiger partial charge in [-0.25, -0.2) is 4.39 Å². The van der Waals surface area contributed by atoms with E-state index in [9.17, 15) is 4.39 Å². The summed E-state index contributed by atoms with van der Waals surface area (Å²) in [6.07, 6.45) is 3.78. The molecule has 1 N–H and O–H groups in total. The topological polar surface area (TPSA) is 29.9 Å². The molecule has 2 rings (SSSR count). The summed E-state index contributed by atoms with van der Waals surface area (Å²) in [5, 5.41) is 7.83. The molecule has 3 nitrogen and oxygen atoms in total. The molecule has 0 aliphatic rings. The molecule has 0 fully saturated rings. The first-order valence-corrected chi connectivity index (χ1v) is 7.19. The van der Waals surface area contributed by atoms with Gasteiger partial charge in [0.05, 0.1) is 5.69 Å². The Morgan fingerprint density at radius 1 is 1.30 bits per heavy atom. The van der Waals surface area contributed by atoms with Crippen LogP contribution >= 0.6 is 0 Å². The molecular formula is C16H22FN3. The van der Waals surface area contributed by atoms with Gasteiger partial charge in [0.1, 0.15) is 5.82 Å². The fourth-order valence-corrected chi connectivity index (χ4v) is 2.04. The molecule has 0 bridgehead atoms. The summed E-state index contributed by atoms with van der Waals surface area (Å²) in [7, 11) is 0. The summed E-state index contributed by atoms with van der Waals surface area (Å²) >= 11 is 0. The maximum absolute atomic E-state index is 13.4. The van der Waals surface area contributed by atoms with Gasteiger partial charge in [0.15, 0.2) is 0 Å². The third-order valence-electron chi connectivity index (χ3n) is 3.54. The third kappa shape index (κ3) is 3.90. The molecule has 0 amide bonds. The largest absolute Gasteiger partial charge is 0.311 e. The normalized spacial score (nSPS) is 12.6. The third-order valence-corrected chi connectivity index (χ3v) is 3.54. The predicted molar refractivity (Wildman–Crippen MR) is 79.0 cm³/mol. The van der Waals surface area contributed by atoms with E-state index in [0.717, 1.165) is 30.8 Å². The molecule has 0 spiro atoms. The van der Waals surface area contributed by atoms with Crippen LogP contribution in [-0.2, 0) is 13.0 Å². The number of halogens is 1. The van der Waals surface area contributed by atoms with E-state index in [-0.39, 0.29) is 5.82 Å². The minimum Gasteiger partial charge on any atom is -0.311 e. The molecule has 2 aromatic rings. The number of hydrogen-bond acceptors (Lipinski definition) is 2. The van der Waals surface area contributed by atoms with E-state index in [1.165, 1.54) is 6.07 Å². The van der Waals surface area contributed by atoms with Crippen molar-refractivity contribution < 1.29 is 4.39 Å². The Morgan fingerprint density at radius 2 is 2.10 bits per heavy atom. The van der Waals surface area contributed by atoms with Gasteiger partial charge in [-0.3, -0.25) is 4.68 Å². The Bertz CT molecular complexity index is 536. The van der Waals surface area contributed by atoms with Crippen molar-refractivity contribution in [3.8, 4) is 0 Å². The van der Waals surface area contributed by atoms with Gasteiger partial charge in [-0.15, -0.1) is 0 Å². The van der Waals surface area contributed by atoms with Crippen LogP contribution in [0.25, 0.3) is 0 Å². The molecule has 1 heterocycles. The standard InChI is InChI=1S/C16H22FN3/c1-3-13(2)20-11-9-15(19-20)12-18-10-8-14-6-4-5-7-16(14)17/h4-7,9,11,13,18H,3,8,10,12H2,1-2H3. The molecule has 1 aromatic carbocycles. The Labute approximate surface area is 119 Å². The number of hydrogen-bond donors (Lipinski definition) is 1. The van der Waals surface area contributed by atoms with Crippen LogP contribution < -0.4 is 5.32 Å². The van der Waals surface area contributed by atoms with Gasteiger partial charge in [-0.05, 0) is 44.0 Å². The van der Waals surface area contributed by atoms with E-state index >= 15 is 0 Å². The second kappa shape index (κ2) is 7.20. The molecule has 1 atom stereocenters. The maximum atomic E-state index is 13.4. The molecule has 0 aliphatic heterocycles. The zero-order chi connectivity index (χ0) is 14.4. The van der Waals surface area contributed by atoms with Gasteiger partial charge in [0.2, 0.25) is 0 Å². The van der Waals surface area contributed by atoms with E-state index < -0.39 is 0 Å². The van der Waals surface area contributed by atoms with Crippen LogP contribution in [0.15, 0.2) is 36.5 Å². The highest BCUT2D eigenvalue weighted by atomic mass is 19.1.